The van der Waals surface area contributed by atoms with Gasteiger partial charge in [0.2, 0.25) is 0 Å². The third-order valence-corrected chi connectivity index (χ3v) is 4.94. The highest BCUT2D eigenvalue weighted by Gasteiger charge is 2.27. The first kappa shape index (κ1) is 16.1. The van der Waals surface area contributed by atoms with Crippen LogP contribution in [-0.2, 0) is 0 Å². The van der Waals surface area contributed by atoms with Gasteiger partial charge >= 0.3 is 0 Å². The number of para-hydroxylation sites is 1. The molecule has 1 amide bonds. The zero-order chi connectivity index (χ0) is 16.4. The van der Waals surface area contributed by atoms with E-state index in [0.29, 0.717) is 11.7 Å². The quantitative estimate of drug-likeness (QED) is 0.939. The minimum Gasteiger partial charge on any atom is -0.450 e. The van der Waals surface area contributed by atoms with Crippen LogP contribution in [0.4, 0.5) is 0 Å². The molecule has 1 aromatic carbocycles. The minimum absolute atomic E-state index is 0.0417. The van der Waals surface area contributed by atoms with E-state index in [0.717, 1.165) is 61.1 Å². The molecule has 2 heterocycles. The normalized spacial score (nSPS) is 16.2. The number of furan rings is 1. The van der Waals surface area contributed by atoms with E-state index in [-0.39, 0.29) is 5.91 Å². The molecule has 4 heteroatoms. The highest BCUT2D eigenvalue weighted by Crippen LogP contribution is 2.29. The fourth-order valence-electron chi connectivity index (χ4n) is 3.42. The summed E-state index contributed by atoms with van der Waals surface area (Å²) in [6, 6.07) is 6.06. The molecule has 1 N–H and O–H groups in total. The summed E-state index contributed by atoms with van der Waals surface area (Å²) in [5.74, 6) is 1.23. The first-order valence-electron chi connectivity index (χ1n) is 8.60. The number of carbonyl (C=O) groups excluding carboxylic acids is 1. The molecular weight excluding hydrogens is 288 g/mol. The van der Waals surface area contributed by atoms with Crippen LogP contribution in [0.2, 0.25) is 0 Å². The van der Waals surface area contributed by atoms with Crippen molar-refractivity contribution in [2.45, 2.75) is 33.6 Å². The summed E-state index contributed by atoms with van der Waals surface area (Å²) in [6.07, 6.45) is 2.13. The molecule has 3 rings (SSSR count). The van der Waals surface area contributed by atoms with Crippen LogP contribution >= 0.6 is 0 Å². The molecule has 124 valence electrons. The Labute approximate surface area is 137 Å². The maximum Gasteiger partial charge on any atom is 0.289 e. The van der Waals surface area contributed by atoms with Crippen LogP contribution in [0.25, 0.3) is 11.0 Å². The zero-order valence-corrected chi connectivity index (χ0v) is 14.3. The average molecular weight is 314 g/mol. The third-order valence-electron chi connectivity index (χ3n) is 4.94. The summed E-state index contributed by atoms with van der Waals surface area (Å²) in [5.41, 5.74) is 2.88. The molecule has 1 aliphatic heterocycles. The number of likely N-dealkylation sites (tertiary alicyclic amines) is 1. The van der Waals surface area contributed by atoms with Gasteiger partial charge in [0.15, 0.2) is 5.76 Å². The maximum atomic E-state index is 12.8. The van der Waals surface area contributed by atoms with Crippen molar-refractivity contribution in [2.75, 3.05) is 26.2 Å². The van der Waals surface area contributed by atoms with Gasteiger partial charge < -0.3 is 14.6 Å². The van der Waals surface area contributed by atoms with Gasteiger partial charge in [0.05, 0.1) is 0 Å². The number of hydrogen-bond donors (Lipinski definition) is 1. The predicted octanol–water partition coefficient (Wildman–Crippen LogP) is 3.51. The molecule has 1 aromatic heterocycles. The molecule has 0 unspecified atom stereocenters. The molecule has 4 nitrogen and oxygen atoms in total. The molecule has 1 fully saturated rings. The number of carbonyl (C=O) groups is 1. The van der Waals surface area contributed by atoms with Crippen molar-refractivity contribution >= 4 is 16.9 Å². The van der Waals surface area contributed by atoms with Crippen LogP contribution in [0.5, 0.6) is 0 Å². The Morgan fingerprint density at radius 2 is 2.04 bits per heavy atom. The Morgan fingerprint density at radius 3 is 2.70 bits per heavy atom. The summed E-state index contributed by atoms with van der Waals surface area (Å²) in [6.45, 7) is 9.85. The maximum absolute atomic E-state index is 12.8. The number of rotatable bonds is 4. The monoisotopic (exact) mass is 314 g/mol. The Kier molecular flexibility index (Phi) is 4.71. The van der Waals surface area contributed by atoms with Gasteiger partial charge in [-0.15, -0.1) is 0 Å². The van der Waals surface area contributed by atoms with Crippen LogP contribution in [0.15, 0.2) is 22.6 Å². The Hall–Kier alpha value is -1.81. The second kappa shape index (κ2) is 6.75. The second-order valence-electron chi connectivity index (χ2n) is 6.55. The Bertz CT molecular complexity index is 697. The summed E-state index contributed by atoms with van der Waals surface area (Å²) in [4.78, 5) is 14.8. The highest BCUT2D eigenvalue weighted by atomic mass is 16.3. The van der Waals surface area contributed by atoms with Crippen LogP contribution in [0, 0.1) is 19.8 Å². The van der Waals surface area contributed by atoms with Gasteiger partial charge in [-0.1, -0.05) is 25.1 Å². The van der Waals surface area contributed by atoms with Gasteiger partial charge in [-0.3, -0.25) is 4.79 Å². The second-order valence-corrected chi connectivity index (χ2v) is 6.55. The van der Waals surface area contributed by atoms with E-state index < -0.39 is 0 Å². The topological polar surface area (TPSA) is 45.5 Å². The smallest absolute Gasteiger partial charge is 0.289 e. The lowest BCUT2D eigenvalue weighted by atomic mass is 9.96. The van der Waals surface area contributed by atoms with Gasteiger partial charge in [-0.2, -0.15) is 0 Å². The highest BCUT2D eigenvalue weighted by molar-refractivity contribution is 5.99. The van der Waals surface area contributed by atoms with E-state index >= 15 is 0 Å². The van der Waals surface area contributed by atoms with E-state index in [1.54, 1.807) is 0 Å². The number of benzene rings is 1. The Balaban J connectivity index is 1.74. The van der Waals surface area contributed by atoms with Crippen molar-refractivity contribution in [3.8, 4) is 0 Å². The zero-order valence-electron chi connectivity index (χ0n) is 14.3. The molecule has 0 saturated carbocycles. The van der Waals surface area contributed by atoms with Crippen LogP contribution in [0.1, 0.15) is 41.4 Å². The third kappa shape index (κ3) is 3.13. The van der Waals surface area contributed by atoms with Gasteiger partial charge in [0.1, 0.15) is 5.58 Å². The molecule has 0 atom stereocenters. The summed E-state index contributed by atoms with van der Waals surface area (Å²) >= 11 is 0. The summed E-state index contributed by atoms with van der Waals surface area (Å²) < 4.78 is 5.93. The Morgan fingerprint density at radius 1 is 1.30 bits per heavy atom. The van der Waals surface area contributed by atoms with Crippen LogP contribution in [0.3, 0.4) is 0 Å². The molecule has 0 spiro atoms. The van der Waals surface area contributed by atoms with Crippen molar-refractivity contribution in [3.05, 3.63) is 35.1 Å². The molecule has 0 radical (unpaired) electrons. The summed E-state index contributed by atoms with van der Waals surface area (Å²) in [7, 11) is 0. The molecule has 0 bridgehead atoms. The van der Waals surface area contributed by atoms with Gasteiger partial charge in [0.25, 0.3) is 5.91 Å². The molecule has 1 aliphatic rings. The first-order chi connectivity index (χ1) is 11.1. The van der Waals surface area contributed by atoms with E-state index in [2.05, 4.69) is 12.2 Å². The van der Waals surface area contributed by atoms with Gasteiger partial charge in [-0.05, 0) is 51.3 Å². The van der Waals surface area contributed by atoms with Gasteiger partial charge in [0, 0.05) is 24.0 Å². The van der Waals surface area contributed by atoms with E-state index in [1.165, 1.54) is 0 Å². The number of aryl methyl sites for hydroxylation is 2. The molecule has 1 saturated heterocycles. The number of fused-ring (bicyclic) bond motifs is 1. The van der Waals surface area contributed by atoms with E-state index in [4.69, 9.17) is 4.42 Å². The van der Waals surface area contributed by atoms with Crippen LogP contribution < -0.4 is 5.32 Å². The number of nitrogens with one attached hydrogen (secondary N) is 1. The largest absolute Gasteiger partial charge is 0.450 e. The van der Waals surface area contributed by atoms with Gasteiger partial charge in [-0.25, -0.2) is 0 Å². The SMILES string of the molecule is CCNCC1CCN(C(=O)c2oc3c(C)cccc3c2C)CC1. The number of amides is 1. The lowest BCUT2D eigenvalue weighted by Crippen LogP contribution is -2.40. The summed E-state index contributed by atoms with van der Waals surface area (Å²) in [5, 5.41) is 4.46. The molecule has 2 aromatic rings. The molecular formula is C19H26N2O2. The number of piperidine rings is 1. The van der Waals surface area contributed by atoms with E-state index in [9.17, 15) is 4.79 Å². The molecule has 0 aliphatic carbocycles. The average Bonchev–Trinajstić information content (AvgIpc) is 2.91. The van der Waals surface area contributed by atoms with Crippen molar-refractivity contribution in [1.82, 2.24) is 10.2 Å². The number of nitrogens with zero attached hydrogens (tertiary/aromatic N) is 1. The fourth-order valence-corrected chi connectivity index (χ4v) is 3.42. The van der Waals surface area contributed by atoms with Crippen molar-refractivity contribution in [3.63, 3.8) is 0 Å². The first-order valence-corrected chi connectivity index (χ1v) is 8.60. The number of hydrogen-bond acceptors (Lipinski definition) is 3. The standard InChI is InChI=1S/C19H26N2O2/c1-4-20-12-15-8-10-21(11-9-15)19(22)18-14(3)16-7-5-6-13(2)17(16)23-18/h5-7,15,20H,4,8-12H2,1-3H3. The molecule has 23 heavy (non-hydrogen) atoms. The van der Waals surface area contributed by atoms with Crippen molar-refractivity contribution in [1.29, 1.82) is 0 Å². The van der Waals surface area contributed by atoms with Crippen molar-refractivity contribution < 1.29 is 9.21 Å². The lowest BCUT2D eigenvalue weighted by Gasteiger charge is -2.31. The fraction of sp³-hybridized carbons (Fsp3) is 0.526. The minimum atomic E-state index is 0.0417. The van der Waals surface area contributed by atoms with E-state index in [1.807, 2.05) is 36.9 Å². The predicted molar refractivity (Wildman–Crippen MR) is 92.9 cm³/mol. The van der Waals surface area contributed by atoms with Crippen molar-refractivity contribution in [2.24, 2.45) is 5.92 Å². The van der Waals surface area contributed by atoms with Crippen LogP contribution in [-0.4, -0.2) is 37.0 Å². The lowest BCUT2D eigenvalue weighted by molar-refractivity contribution is 0.0659.